The van der Waals surface area contributed by atoms with Crippen molar-refractivity contribution in [2.24, 2.45) is 0 Å². The second kappa shape index (κ2) is 5.80. The normalized spacial score (nSPS) is 11.9. The van der Waals surface area contributed by atoms with E-state index in [-0.39, 0.29) is 0 Å². The zero-order chi connectivity index (χ0) is 11.3. The van der Waals surface area contributed by atoms with E-state index in [0.29, 0.717) is 22.0 Å². The molecule has 0 fully saturated rings. The summed E-state index contributed by atoms with van der Waals surface area (Å²) in [6.07, 6.45) is 1.57. The fourth-order valence-corrected chi connectivity index (χ4v) is 1.85. The minimum absolute atomic E-state index is 0.463. The smallest absolute Gasteiger partial charge is 0.0962 e. The summed E-state index contributed by atoms with van der Waals surface area (Å²) in [4.78, 5) is 0. The first-order valence-electron chi connectivity index (χ1n) is 4.74. The van der Waals surface area contributed by atoms with Gasteiger partial charge in [-0.05, 0) is 12.5 Å². The van der Waals surface area contributed by atoms with Crippen molar-refractivity contribution < 1.29 is 0 Å². The van der Waals surface area contributed by atoms with Crippen LogP contribution in [0.4, 0.5) is 0 Å². The Morgan fingerprint density at radius 2 is 2.07 bits per heavy atom. The fraction of sp³-hybridized carbons (Fsp3) is 0.250. The average molecular weight is 240 g/mol. The number of nitriles is 1. The second-order valence-electron chi connectivity index (χ2n) is 3.13. The van der Waals surface area contributed by atoms with Gasteiger partial charge in [0.05, 0.1) is 11.1 Å². The zero-order valence-electron chi connectivity index (χ0n) is 8.43. The predicted octanol–water partition coefficient (Wildman–Crippen LogP) is 4.61. The van der Waals surface area contributed by atoms with E-state index in [4.69, 9.17) is 28.5 Å². The molecule has 0 saturated heterocycles. The van der Waals surface area contributed by atoms with Gasteiger partial charge in [0.15, 0.2) is 0 Å². The molecule has 0 heterocycles. The summed E-state index contributed by atoms with van der Waals surface area (Å²) < 4.78 is 0. The van der Waals surface area contributed by atoms with Gasteiger partial charge in [-0.2, -0.15) is 5.26 Å². The molecule has 1 rings (SSSR count). The van der Waals surface area contributed by atoms with Gasteiger partial charge in [-0.1, -0.05) is 54.7 Å². The number of halogens is 2. The summed E-state index contributed by atoms with van der Waals surface area (Å²) in [6.45, 7) is 2.01. The van der Waals surface area contributed by atoms with Crippen molar-refractivity contribution in [3.05, 3.63) is 40.4 Å². The molecule has 0 aliphatic rings. The first kappa shape index (κ1) is 12.1. The second-order valence-corrected chi connectivity index (χ2v) is 3.92. The Labute approximate surface area is 99.9 Å². The minimum Gasteiger partial charge on any atom is -0.193 e. The quantitative estimate of drug-likeness (QED) is 0.707. The molecule has 0 aliphatic heterocycles. The lowest BCUT2D eigenvalue weighted by Crippen LogP contribution is -1.86. The largest absolute Gasteiger partial charge is 0.193 e. The highest BCUT2D eigenvalue weighted by Gasteiger charge is 2.08. The fourth-order valence-electron chi connectivity index (χ4n) is 1.27. The van der Waals surface area contributed by atoms with E-state index in [9.17, 15) is 0 Å². The van der Waals surface area contributed by atoms with Crippen LogP contribution in [0.25, 0.3) is 5.03 Å². The van der Waals surface area contributed by atoms with Gasteiger partial charge < -0.3 is 0 Å². The monoisotopic (exact) mass is 239 g/mol. The Balaban J connectivity index is 3.18. The third-order valence-corrected chi connectivity index (χ3v) is 2.77. The molecule has 0 spiro atoms. The lowest BCUT2D eigenvalue weighted by atomic mass is 10.1. The van der Waals surface area contributed by atoms with Crippen LogP contribution in [0.5, 0.6) is 0 Å². The van der Waals surface area contributed by atoms with E-state index in [2.05, 4.69) is 6.07 Å². The Kier molecular flexibility index (Phi) is 4.68. The molecule has 0 unspecified atom stereocenters. The van der Waals surface area contributed by atoms with Crippen LogP contribution in [0.3, 0.4) is 0 Å². The molecular weight excluding hydrogens is 229 g/mol. The van der Waals surface area contributed by atoms with E-state index < -0.39 is 0 Å². The van der Waals surface area contributed by atoms with Crippen molar-refractivity contribution >= 4 is 28.2 Å². The zero-order valence-corrected chi connectivity index (χ0v) is 9.94. The number of benzene rings is 1. The van der Waals surface area contributed by atoms with E-state index in [1.807, 2.05) is 25.1 Å². The molecule has 0 bridgehead atoms. The first-order chi connectivity index (χ1) is 7.20. The molecule has 0 saturated carbocycles. The van der Waals surface area contributed by atoms with Crippen molar-refractivity contribution in [3.8, 4) is 6.07 Å². The average Bonchev–Trinajstić information content (AvgIpc) is 2.25. The van der Waals surface area contributed by atoms with Crippen molar-refractivity contribution in [1.29, 1.82) is 5.26 Å². The Hall–Kier alpha value is -0.970. The number of hydrogen-bond acceptors (Lipinski definition) is 1. The summed E-state index contributed by atoms with van der Waals surface area (Å²) in [5.41, 5.74) is 1.32. The predicted molar refractivity (Wildman–Crippen MR) is 64.7 cm³/mol. The van der Waals surface area contributed by atoms with Gasteiger partial charge >= 0.3 is 0 Å². The van der Waals surface area contributed by atoms with Crippen molar-refractivity contribution in [2.45, 2.75) is 19.8 Å². The number of hydrogen-bond donors (Lipinski definition) is 0. The SMILES string of the molecule is CCCC(C#N)=C(Cl)c1ccccc1Cl. The van der Waals surface area contributed by atoms with Crippen LogP contribution in [0.15, 0.2) is 29.8 Å². The molecule has 1 aromatic carbocycles. The highest BCUT2D eigenvalue weighted by Crippen LogP contribution is 2.30. The molecule has 78 valence electrons. The summed E-state index contributed by atoms with van der Waals surface area (Å²) in [7, 11) is 0. The van der Waals surface area contributed by atoms with Gasteiger partial charge in [0.1, 0.15) is 0 Å². The third kappa shape index (κ3) is 2.99. The minimum atomic E-state index is 0.463. The van der Waals surface area contributed by atoms with Gasteiger partial charge in [-0.25, -0.2) is 0 Å². The van der Waals surface area contributed by atoms with E-state index in [0.717, 1.165) is 12.0 Å². The Morgan fingerprint density at radius 1 is 1.40 bits per heavy atom. The molecule has 0 amide bonds. The Morgan fingerprint density at radius 3 is 2.60 bits per heavy atom. The van der Waals surface area contributed by atoms with Gasteiger partial charge in [0.25, 0.3) is 0 Å². The molecule has 3 heteroatoms. The summed E-state index contributed by atoms with van der Waals surface area (Å²) in [5, 5.41) is 9.98. The molecule has 15 heavy (non-hydrogen) atoms. The van der Waals surface area contributed by atoms with Gasteiger partial charge in [-0.15, -0.1) is 0 Å². The Bertz CT molecular complexity index is 416. The van der Waals surface area contributed by atoms with Crippen LogP contribution in [0.2, 0.25) is 5.02 Å². The van der Waals surface area contributed by atoms with Crippen molar-refractivity contribution in [2.75, 3.05) is 0 Å². The van der Waals surface area contributed by atoms with E-state index in [1.165, 1.54) is 0 Å². The van der Waals surface area contributed by atoms with Crippen LogP contribution >= 0.6 is 23.2 Å². The molecule has 1 aromatic rings. The summed E-state index contributed by atoms with van der Waals surface area (Å²) in [6, 6.07) is 9.39. The molecule has 0 radical (unpaired) electrons. The van der Waals surface area contributed by atoms with Gasteiger partial charge in [0, 0.05) is 16.2 Å². The third-order valence-electron chi connectivity index (χ3n) is 2.01. The molecular formula is C12H11Cl2N. The lowest BCUT2D eigenvalue weighted by Gasteiger charge is -2.04. The molecule has 0 atom stereocenters. The van der Waals surface area contributed by atoms with Crippen LogP contribution in [0.1, 0.15) is 25.3 Å². The van der Waals surface area contributed by atoms with Gasteiger partial charge in [-0.3, -0.25) is 0 Å². The standard InChI is InChI=1S/C12H11Cl2N/c1-2-5-9(8-15)12(14)10-6-3-4-7-11(10)13/h3-4,6-7H,2,5H2,1H3. The number of allylic oxidation sites excluding steroid dienone is 1. The lowest BCUT2D eigenvalue weighted by molar-refractivity contribution is 0.933. The molecule has 0 N–H and O–H groups in total. The van der Waals surface area contributed by atoms with Crippen LogP contribution in [-0.2, 0) is 0 Å². The number of nitrogens with zero attached hydrogens (tertiary/aromatic N) is 1. The van der Waals surface area contributed by atoms with Crippen molar-refractivity contribution in [3.63, 3.8) is 0 Å². The van der Waals surface area contributed by atoms with Crippen LogP contribution in [0, 0.1) is 11.3 Å². The van der Waals surface area contributed by atoms with E-state index in [1.54, 1.807) is 6.07 Å². The topological polar surface area (TPSA) is 23.8 Å². The molecule has 0 aromatic heterocycles. The van der Waals surface area contributed by atoms with Gasteiger partial charge in [0.2, 0.25) is 0 Å². The maximum atomic E-state index is 8.94. The molecule has 0 aliphatic carbocycles. The maximum absolute atomic E-state index is 8.94. The maximum Gasteiger partial charge on any atom is 0.0962 e. The van der Waals surface area contributed by atoms with Crippen LogP contribution < -0.4 is 0 Å². The summed E-state index contributed by atoms with van der Waals surface area (Å²) >= 11 is 12.1. The van der Waals surface area contributed by atoms with E-state index >= 15 is 0 Å². The highest BCUT2D eigenvalue weighted by atomic mass is 35.5. The molecule has 1 nitrogen and oxygen atoms in total. The number of rotatable bonds is 3. The summed E-state index contributed by atoms with van der Waals surface area (Å²) in [5.74, 6) is 0. The first-order valence-corrected chi connectivity index (χ1v) is 5.50. The van der Waals surface area contributed by atoms with Crippen molar-refractivity contribution in [1.82, 2.24) is 0 Å². The van der Waals surface area contributed by atoms with Crippen LogP contribution in [-0.4, -0.2) is 0 Å². The highest BCUT2D eigenvalue weighted by molar-refractivity contribution is 6.51.